The molecular formula is C27H34N4O3. The molecule has 2 amide bonds. The van der Waals surface area contributed by atoms with Gasteiger partial charge in [-0.3, -0.25) is 20.1 Å². The molecule has 1 unspecified atom stereocenters. The van der Waals surface area contributed by atoms with Crippen LogP contribution in [0.3, 0.4) is 0 Å². The van der Waals surface area contributed by atoms with Crippen LogP contribution in [0.4, 0.5) is 10.5 Å². The zero-order valence-electron chi connectivity index (χ0n) is 20.1. The quantitative estimate of drug-likeness (QED) is 0.681. The molecule has 0 radical (unpaired) electrons. The number of carbonyl (C=O) groups excluding carboxylic acids is 1. The molecule has 1 saturated carbocycles. The van der Waals surface area contributed by atoms with Crippen LogP contribution in [0, 0.1) is 0 Å². The van der Waals surface area contributed by atoms with E-state index in [0.29, 0.717) is 6.04 Å². The van der Waals surface area contributed by atoms with E-state index in [2.05, 4.69) is 22.3 Å². The SMILES string of the molecule is COc1ccc(CN2CCCC3(C2)C(=NC2CCCC2)NC(=O)N3c2cccc(OC)c2)cc1. The van der Waals surface area contributed by atoms with Gasteiger partial charge in [0.25, 0.3) is 0 Å². The number of hydrogen-bond acceptors (Lipinski definition) is 5. The van der Waals surface area contributed by atoms with Crippen LogP contribution in [0.2, 0.25) is 0 Å². The molecule has 2 saturated heterocycles. The third-order valence-corrected chi connectivity index (χ3v) is 7.36. The summed E-state index contributed by atoms with van der Waals surface area (Å²) >= 11 is 0. The number of nitrogens with zero attached hydrogens (tertiary/aromatic N) is 3. The van der Waals surface area contributed by atoms with E-state index in [9.17, 15) is 4.79 Å². The summed E-state index contributed by atoms with van der Waals surface area (Å²) in [7, 11) is 3.34. The lowest BCUT2D eigenvalue weighted by molar-refractivity contribution is 0.176. The first-order valence-corrected chi connectivity index (χ1v) is 12.3. The zero-order chi connectivity index (χ0) is 23.5. The van der Waals surface area contributed by atoms with Crippen molar-refractivity contribution in [3.8, 4) is 11.5 Å². The summed E-state index contributed by atoms with van der Waals surface area (Å²) in [5.74, 6) is 2.44. The fourth-order valence-corrected chi connectivity index (χ4v) is 5.68. The van der Waals surface area contributed by atoms with Crippen molar-refractivity contribution < 1.29 is 14.3 Å². The molecule has 0 aromatic heterocycles. The van der Waals surface area contributed by atoms with Gasteiger partial charge in [-0.15, -0.1) is 0 Å². The highest BCUT2D eigenvalue weighted by molar-refractivity contribution is 6.19. The Morgan fingerprint density at radius 2 is 1.79 bits per heavy atom. The van der Waals surface area contributed by atoms with Crippen molar-refractivity contribution >= 4 is 17.6 Å². The highest BCUT2D eigenvalue weighted by Crippen LogP contribution is 2.39. The van der Waals surface area contributed by atoms with Gasteiger partial charge in [0.2, 0.25) is 0 Å². The number of likely N-dealkylation sites (tertiary alicyclic amines) is 1. The Bertz CT molecular complexity index is 1050. The fourth-order valence-electron chi connectivity index (χ4n) is 5.68. The monoisotopic (exact) mass is 462 g/mol. The number of hydrogen-bond donors (Lipinski definition) is 1. The molecule has 2 aromatic carbocycles. The van der Waals surface area contributed by atoms with Gasteiger partial charge in [0, 0.05) is 19.2 Å². The van der Waals surface area contributed by atoms with E-state index in [1.165, 1.54) is 18.4 Å². The number of methoxy groups -OCH3 is 2. The van der Waals surface area contributed by atoms with Gasteiger partial charge in [-0.1, -0.05) is 31.0 Å². The minimum Gasteiger partial charge on any atom is -0.497 e. The van der Waals surface area contributed by atoms with Crippen LogP contribution in [0.1, 0.15) is 44.1 Å². The Balaban J connectivity index is 1.49. The first kappa shape index (κ1) is 22.7. The molecule has 1 atom stereocenters. The maximum absolute atomic E-state index is 13.4. The van der Waals surface area contributed by atoms with Gasteiger partial charge in [0.05, 0.1) is 25.9 Å². The van der Waals surface area contributed by atoms with Crippen LogP contribution < -0.4 is 19.7 Å². The number of nitrogens with one attached hydrogen (secondary N) is 1. The topological polar surface area (TPSA) is 66.4 Å². The number of carbonyl (C=O) groups is 1. The molecule has 0 bridgehead atoms. The van der Waals surface area contributed by atoms with E-state index in [0.717, 1.165) is 68.3 Å². The van der Waals surface area contributed by atoms with E-state index < -0.39 is 5.54 Å². The zero-order valence-corrected chi connectivity index (χ0v) is 20.1. The lowest BCUT2D eigenvalue weighted by Gasteiger charge is -2.44. The first-order chi connectivity index (χ1) is 16.6. The minimum atomic E-state index is -0.503. The predicted octanol–water partition coefficient (Wildman–Crippen LogP) is 4.61. The molecule has 3 aliphatic rings. The van der Waals surface area contributed by atoms with E-state index in [1.54, 1.807) is 14.2 Å². The lowest BCUT2D eigenvalue weighted by Crippen LogP contribution is -2.60. The van der Waals surface area contributed by atoms with E-state index in [1.807, 2.05) is 41.3 Å². The van der Waals surface area contributed by atoms with Crippen molar-refractivity contribution in [3.05, 3.63) is 54.1 Å². The van der Waals surface area contributed by atoms with Gasteiger partial charge >= 0.3 is 6.03 Å². The van der Waals surface area contributed by atoms with Crippen molar-refractivity contribution in [2.75, 3.05) is 32.2 Å². The van der Waals surface area contributed by atoms with Crippen LogP contribution in [0.25, 0.3) is 0 Å². The summed E-state index contributed by atoms with van der Waals surface area (Å²) in [5.41, 5.74) is 1.58. The first-order valence-electron chi connectivity index (χ1n) is 12.3. The maximum Gasteiger partial charge on any atom is 0.328 e. The largest absolute Gasteiger partial charge is 0.497 e. The molecule has 5 rings (SSSR count). The molecule has 2 heterocycles. The molecular weight excluding hydrogens is 428 g/mol. The van der Waals surface area contributed by atoms with Gasteiger partial charge in [0.15, 0.2) is 0 Å². The smallest absolute Gasteiger partial charge is 0.328 e. The van der Waals surface area contributed by atoms with Gasteiger partial charge in [-0.2, -0.15) is 0 Å². The van der Waals surface area contributed by atoms with Gasteiger partial charge < -0.3 is 9.47 Å². The number of amides is 2. The number of amidine groups is 1. The molecule has 34 heavy (non-hydrogen) atoms. The Morgan fingerprint density at radius 3 is 2.53 bits per heavy atom. The second-order valence-corrected chi connectivity index (χ2v) is 9.58. The Labute approximate surface area is 201 Å². The summed E-state index contributed by atoms with van der Waals surface area (Å²) in [6.07, 6.45) is 6.51. The molecule has 180 valence electrons. The van der Waals surface area contributed by atoms with E-state index in [-0.39, 0.29) is 6.03 Å². The number of aliphatic imine (C=N–C) groups is 1. The normalized spacial score (nSPS) is 24.7. The average Bonchev–Trinajstić information content (AvgIpc) is 3.46. The van der Waals surface area contributed by atoms with Crippen molar-refractivity contribution in [2.45, 2.75) is 56.7 Å². The Kier molecular flexibility index (Phi) is 6.46. The number of benzene rings is 2. The standard InChI is InChI=1S/C27H34N4O3/c1-33-23-13-11-20(12-14-23)18-30-16-6-15-27(19-30)25(28-21-7-3-4-8-21)29-26(32)31(27)22-9-5-10-24(17-22)34-2/h5,9-14,17,21H,3-4,6-8,15-16,18-19H2,1-2H3,(H,28,29,32). The third-order valence-electron chi connectivity index (χ3n) is 7.36. The summed E-state index contributed by atoms with van der Waals surface area (Å²) in [6, 6.07) is 16.2. The van der Waals surface area contributed by atoms with Crippen molar-refractivity contribution in [2.24, 2.45) is 4.99 Å². The number of urea groups is 1. The summed E-state index contributed by atoms with van der Waals surface area (Å²) in [5, 5.41) is 3.18. The van der Waals surface area contributed by atoms with E-state index in [4.69, 9.17) is 14.5 Å². The highest BCUT2D eigenvalue weighted by Gasteiger charge is 2.54. The molecule has 7 heteroatoms. The van der Waals surface area contributed by atoms with Gasteiger partial charge in [-0.25, -0.2) is 4.79 Å². The number of anilines is 1. The molecule has 1 aliphatic carbocycles. The van der Waals surface area contributed by atoms with Crippen molar-refractivity contribution in [3.63, 3.8) is 0 Å². The fraction of sp³-hybridized carbons (Fsp3) is 0.481. The summed E-state index contributed by atoms with van der Waals surface area (Å²) in [4.78, 5) is 23.0. The highest BCUT2D eigenvalue weighted by atomic mass is 16.5. The molecule has 7 nitrogen and oxygen atoms in total. The van der Waals surface area contributed by atoms with Gasteiger partial charge in [-0.05, 0) is 62.1 Å². The molecule has 2 aromatic rings. The Morgan fingerprint density at radius 1 is 1.03 bits per heavy atom. The lowest BCUT2D eigenvalue weighted by atomic mass is 9.86. The van der Waals surface area contributed by atoms with Crippen LogP contribution in [0.5, 0.6) is 11.5 Å². The van der Waals surface area contributed by atoms with Crippen LogP contribution in [0.15, 0.2) is 53.5 Å². The molecule has 3 fully saturated rings. The third kappa shape index (κ3) is 4.37. The van der Waals surface area contributed by atoms with Crippen LogP contribution >= 0.6 is 0 Å². The Hall–Kier alpha value is -3.06. The maximum atomic E-state index is 13.4. The average molecular weight is 463 g/mol. The predicted molar refractivity (Wildman–Crippen MR) is 134 cm³/mol. The van der Waals surface area contributed by atoms with Crippen molar-refractivity contribution in [1.29, 1.82) is 0 Å². The van der Waals surface area contributed by atoms with Gasteiger partial charge in [0.1, 0.15) is 22.9 Å². The summed E-state index contributed by atoms with van der Waals surface area (Å²) < 4.78 is 10.8. The van der Waals surface area contributed by atoms with Crippen molar-refractivity contribution in [1.82, 2.24) is 10.2 Å². The van der Waals surface area contributed by atoms with Crippen LogP contribution in [-0.4, -0.2) is 55.7 Å². The second kappa shape index (κ2) is 9.66. The number of piperidine rings is 1. The second-order valence-electron chi connectivity index (χ2n) is 9.58. The molecule has 1 N–H and O–H groups in total. The van der Waals surface area contributed by atoms with Crippen LogP contribution in [-0.2, 0) is 6.54 Å². The summed E-state index contributed by atoms with van der Waals surface area (Å²) in [6.45, 7) is 2.55. The molecule has 2 aliphatic heterocycles. The molecule has 1 spiro atoms. The van der Waals surface area contributed by atoms with E-state index >= 15 is 0 Å². The number of ether oxygens (including phenoxy) is 2. The number of rotatable bonds is 6. The minimum absolute atomic E-state index is 0.101.